The normalized spacial score (nSPS) is 18.6. The Kier molecular flexibility index (Phi) is 6.58. The van der Waals surface area contributed by atoms with E-state index < -0.39 is 22.6 Å². The molecule has 0 fully saturated rings. The third-order valence-electron chi connectivity index (χ3n) is 5.87. The highest BCUT2D eigenvalue weighted by Crippen LogP contribution is 2.77. The van der Waals surface area contributed by atoms with Gasteiger partial charge in [-0.15, -0.1) is 0 Å². The molecular formula is C24H18N3P3S6. The van der Waals surface area contributed by atoms with Gasteiger partial charge >= 0.3 is 0 Å². The molecule has 7 heterocycles. The Morgan fingerprint density at radius 2 is 1.06 bits per heavy atom. The third-order valence-corrected chi connectivity index (χ3v) is 22.0. The molecule has 36 heavy (non-hydrogen) atoms. The first-order chi connectivity index (χ1) is 17.8. The van der Waals surface area contributed by atoms with Gasteiger partial charge in [0, 0.05) is 58.8 Å². The zero-order valence-electron chi connectivity index (χ0n) is 18.5. The summed E-state index contributed by atoms with van der Waals surface area (Å²) in [6, 6.07) is 13.7. The molecule has 180 valence electrons. The van der Waals surface area contributed by atoms with Gasteiger partial charge in [0.1, 0.15) is 14.4 Å². The molecule has 1 unspecified atom stereocenters. The molecule has 0 spiro atoms. The van der Waals surface area contributed by atoms with Crippen LogP contribution in [0.1, 0.15) is 0 Å². The van der Waals surface area contributed by atoms with Crippen LogP contribution < -0.4 is 31.0 Å². The lowest BCUT2D eigenvalue weighted by Gasteiger charge is -2.45. The van der Waals surface area contributed by atoms with E-state index in [1.807, 2.05) is 0 Å². The minimum absolute atomic E-state index is 1.04. The second-order valence-electron chi connectivity index (χ2n) is 7.85. The van der Waals surface area contributed by atoms with Crippen molar-refractivity contribution in [3.8, 4) is 0 Å². The predicted molar refractivity (Wildman–Crippen MR) is 172 cm³/mol. The summed E-state index contributed by atoms with van der Waals surface area (Å²) in [5, 5.41) is 33.5. The highest BCUT2D eigenvalue weighted by Gasteiger charge is 2.46. The summed E-state index contributed by atoms with van der Waals surface area (Å²) in [6.07, 6.45) is 0. The fraction of sp³-hybridized carbons (Fsp3) is 0. The molecule has 0 radical (unpaired) electrons. The first-order valence-electron chi connectivity index (χ1n) is 10.8. The van der Waals surface area contributed by atoms with Crippen LogP contribution in [0.3, 0.4) is 0 Å². The Labute approximate surface area is 235 Å². The first kappa shape index (κ1) is 24.0. The number of thiophene rings is 6. The van der Waals surface area contributed by atoms with Crippen molar-refractivity contribution in [3.05, 3.63) is 101 Å². The molecule has 0 aromatic carbocycles. The maximum absolute atomic E-state index is 6.14. The lowest BCUT2D eigenvalue weighted by molar-refractivity contribution is 1.56. The summed E-state index contributed by atoms with van der Waals surface area (Å²) >= 11 is 10.5. The SMILES string of the molecule is c1cc(N2P(c3ccsc3)N=P(c3ccsc3)(c3ccsc3)N=P2(c2ccsc2)c2ccsc2)cs1. The number of hydrogen-bond acceptors (Lipinski definition) is 9. The highest BCUT2D eigenvalue weighted by molar-refractivity contribution is 8.02. The average molecular weight is 634 g/mol. The van der Waals surface area contributed by atoms with Crippen molar-refractivity contribution in [1.82, 2.24) is 0 Å². The summed E-state index contributed by atoms with van der Waals surface area (Å²) in [5.41, 5.74) is 1.23. The maximum Gasteiger partial charge on any atom is 0.156 e. The second-order valence-corrected chi connectivity index (χ2v) is 20.6. The topological polar surface area (TPSA) is 28.0 Å². The van der Waals surface area contributed by atoms with E-state index in [9.17, 15) is 0 Å². The van der Waals surface area contributed by atoms with Gasteiger partial charge in [-0.2, -0.15) is 68.0 Å². The Morgan fingerprint density at radius 1 is 0.556 bits per heavy atom. The molecular weight excluding hydrogens is 616 g/mol. The Balaban J connectivity index is 1.69. The zero-order valence-corrected chi connectivity index (χ0v) is 26.1. The first-order valence-corrected chi connectivity index (χ1v) is 21.1. The Morgan fingerprint density at radius 3 is 1.53 bits per heavy atom. The van der Waals surface area contributed by atoms with Gasteiger partial charge in [-0.1, -0.05) is 0 Å². The van der Waals surface area contributed by atoms with Crippen LogP contribution in [0, 0.1) is 0 Å². The lowest BCUT2D eigenvalue weighted by atomic mass is 10.6. The minimum atomic E-state index is -2.42. The van der Waals surface area contributed by atoms with Crippen molar-refractivity contribution in [2.75, 3.05) is 4.44 Å². The van der Waals surface area contributed by atoms with Crippen molar-refractivity contribution in [2.24, 2.45) is 9.03 Å². The monoisotopic (exact) mass is 633 g/mol. The minimum Gasteiger partial charge on any atom is -0.286 e. The second kappa shape index (κ2) is 9.89. The van der Waals surface area contributed by atoms with Crippen LogP contribution in [0.4, 0.5) is 5.69 Å². The molecule has 0 aliphatic carbocycles. The summed E-state index contributed by atoms with van der Waals surface area (Å²) < 4.78 is 14.7. The summed E-state index contributed by atoms with van der Waals surface area (Å²) in [4.78, 5) is 0. The maximum atomic E-state index is 6.14. The van der Waals surface area contributed by atoms with E-state index >= 15 is 0 Å². The van der Waals surface area contributed by atoms with Gasteiger partial charge in [-0.25, -0.2) is 9.03 Å². The van der Waals surface area contributed by atoms with E-state index in [0.717, 1.165) is 0 Å². The van der Waals surface area contributed by atoms with Crippen molar-refractivity contribution < 1.29 is 0 Å². The Hall–Kier alpha value is -1.11. The van der Waals surface area contributed by atoms with E-state index in [1.165, 1.54) is 32.2 Å². The fourth-order valence-electron chi connectivity index (χ4n) is 4.27. The fourth-order valence-corrected chi connectivity index (χ4v) is 24.2. The van der Waals surface area contributed by atoms with Crippen molar-refractivity contribution in [3.63, 3.8) is 0 Å². The van der Waals surface area contributed by atoms with Gasteiger partial charge in [0.2, 0.25) is 0 Å². The summed E-state index contributed by atoms with van der Waals surface area (Å²) in [6.45, 7) is 0. The van der Waals surface area contributed by atoms with Gasteiger partial charge in [0.15, 0.2) is 8.22 Å². The van der Waals surface area contributed by atoms with E-state index in [1.54, 1.807) is 68.0 Å². The van der Waals surface area contributed by atoms with Gasteiger partial charge in [-0.3, -0.25) is 4.44 Å². The molecule has 1 aliphatic rings. The molecule has 7 rings (SSSR count). The zero-order chi connectivity index (χ0) is 24.0. The summed E-state index contributed by atoms with van der Waals surface area (Å²) in [7, 11) is -5.87. The molecule has 0 bridgehead atoms. The molecule has 3 nitrogen and oxygen atoms in total. The van der Waals surface area contributed by atoms with Crippen LogP contribution in [0.25, 0.3) is 0 Å². The van der Waals surface area contributed by atoms with Crippen LogP contribution in [0.15, 0.2) is 110 Å². The largest absolute Gasteiger partial charge is 0.286 e. The highest BCUT2D eigenvalue weighted by atomic mass is 32.1. The van der Waals surface area contributed by atoms with Crippen LogP contribution in [0.2, 0.25) is 0 Å². The number of hydrogen-bond donors (Lipinski definition) is 0. The van der Waals surface area contributed by atoms with Crippen molar-refractivity contribution in [2.45, 2.75) is 0 Å². The van der Waals surface area contributed by atoms with E-state index in [0.29, 0.717) is 0 Å². The molecule has 6 aromatic rings. The Bertz CT molecular complexity index is 1570. The summed E-state index contributed by atoms with van der Waals surface area (Å²) in [5.74, 6) is 0. The van der Waals surface area contributed by atoms with Crippen LogP contribution in [-0.4, -0.2) is 0 Å². The standard InChI is InChI=1S/C24H18N3P3S6/c1-7-31-13-19(1)27-28(20-2-8-32-14-20)25-29(21-3-9-33-15-21,22-4-10-34-16-22)26-30(27,23-5-11-35-17-23)24-6-12-36-18-24/h1-18H. The molecule has 12 heteroatoms. The van der Waals surface area contributed by atoms with Crippen molar-refractivity contribution >= 4 is 123 Å². The van der Waals surface area contributed by atoms with Crippen molar-refractivity contribution in [1.29, 1.82) is 0 Å². The molecule has 0 saturated carbocycles. The third kappa shape index (κ3) is 3.79. The van der Waals surface area contributed by atoms with E-state index in [-0.39, 0.29) is 0 Å². The van der Waals surface area contributed by atoms with Gasteiger partial charge in [-0.05, 0) is 68.7 Å². The molecule has 6 aromatic heterocycles. The van der Waals surface area contributed by atoms with Gasteiger partial charge in [0.25, 0.3) is 0 Å². The predicted octanol–water partition coefficient (Wildman–Crippen LogP) is 9.05. The number of nitrogens with zero attached hydrogens (tertiary/aromatic N) is 3. The molecule has 0 amide bonds. The van der Waals surface area contributed by atoms with E-state index in [4.69, 9.17) is 9.03 Å². The van der Waals surface area contributed by atoms with Gasteiger partial charge in [0.05, 0.1) is 5.69 Å². The molecule has 1 atom stereocenters. The van der Waals surface area contributed by atoms with Crippen LogP contribution in [0.5, 0.6) is 0 Å². The van der Waals surface area contributed by atoms with E-state index in [2.05, 4.69) is 105 Å². The molecule has 0 saturated heterocycles. The smallest absolute Gasteiger partial charge is 0.156 e. The van der Waals surface area contributed by atoms with Gasteiger partial charge < -0.3 is 0 Å². The number of rotatable bonds is 6. The average Bonchev–Trinajstić information content (AvgIpc) is 3.79. The van der Waals surface area contributed by atoms with Crippen LogP contribution in [-0.2, 0) is 0 Å². The molecule has 1 aliphatic heterocycles. The quantitative estimate of drug-likeness (QED) is 0.168. The molecule has 0 N–H and O–H groups in total. The lowest BCUT2D eigenvalue weighted by Crippen LogP contribution is -2.32. The van der Waals surface area contributed by atoms with Crippen LogP contribution >= 0.6 is 90.7 Å². The number of anilines is 1.